The molecule has 0 saturated heterocycles. The van der Waals surface area contributed by atoms with Crippen LogP contribution < -0.4 is 26.2 Å². The van der Waals surface area contributed by atoms with Crippen LogP contribution in [0.4, 0.5) is 21.4 Å². The summed E-state index contributed by atoms with van der Waals surface area (Å²) in [6, 6.07) is 21.6. The van der Waals surface area contributed by atoms with Crippen LogP contribution >= 0.6 is 18.9 Å². The van der Waals surface area contributed by atoms with E-state index in [-0.39, 0.29) is 90.8 Å². The molecule has 3 aromatic heterocycles. The fourth-order valence-corrected chi connectivity index (χ4v) is 17.4. The van der Waals surface area contributed by atoms with Crippen LogP contribution in [0.2, 0.25) is 0 Å². The van der Waals surface area contributed by atoms with Gasteiger partial charge in [0.2, 0.25) is 17.7 Å². The van der Waals surface area contributed by atoms with E-state index in [0.29, 0.717) is 90.6 Å². The van der Waals surface area contributed by atoms with E-state index in [1.54, 1.807) is 56.4 Å². The van der Waals surface area contributed by atoms with Crippen molar-refractivity contribution in [2.24, 2.45) is 22.2 Å². The number of carbonyl (C=O) groups excluding carboxylic acids is 7. The number of nitrogens with zero attached hydrogens (tertiary/aromatic N) is 7. The Labute approximate surface area is 566 Å². The average Bonchev–Trinajstić information content (AvgIpc) is 0.719. The Bertz CT molecular complexity index is 4060. The zero-order valence-electron chi connectivity index (χ0n) is 55.4. The topological polar surface area (TPSA) is 334 Å². The van der Waals surface area contributed by atoms with Crippen LogP contribution in [0.3, 0.4) is 0 Å². The highest BCUT2D eigenvalue weighted by molar-refractivity contribution is 7.51. The average molecular weight is 1370 g/mol. The van der Waals surface area contributed by atoms with Gasteiger partial charge in [0.1, 0.15) is 24.5 Å². The second kappa shape index (κ2) is 28.4. The van der Waals surface area contributed by atoms with Crippen LogP contribution in [0.5, 0.6) is 0 Å². The van der Waals surface area contributed by atoms with Crippen molar-refractivity contribution in [3.8, 4) is 11.1 Å². The number of carbonyl (C=O) groups is 8. The van der Waals surface area contributed by atoms with Crippen molar-refractivity contribution >= 4 is 93.3 Å². The van der Waals surface area contributed by atoms with E-state index in [2.05, 4.69) is 40.1 Å². The van der Waals surface area contributed by atoms with E-state index >= 15 is 0 Å². The van der Waals surface area contributed by atoms with Gasteiger partial charge in [0.15, 0.2) is 10.8 Å². The first-order valence-corrected chi connectivity index (χ1v) is 35.6. The molecule has 3 aromatic carbocycles. The maximum atomic E-state index is 13.8. The summed E-state index contributed by atoms with van der Waals surface area (Å²) in [7, 11) is -4.54. The maximum Gasteiger partial charge on any atom is 0.410 e. The molecule has 0 radical (unpaired) electrons. The summed E-state index contributed by atoms with van der Waals surface area (Å²) >= 11 is 1.40. The molecule has 4 bridgehead atoms. The number of aromatic nitrogens is 4. The first-order valence-electron chi connectivity index (χ1n) is 33.0. The van der Waals surface area contributed by atoms with Gasteiger partial charge >= 0.3 is 19.7 Å². The predicted octanol–water partition coefficient (Wildman–Crippen LogP) is 9.40. The molecule has 2 aliphatic heterocycles. The van der Waals surface area contributed by atoms with Gasteiger partial charge < -0.3 is 50.1 Å². The number of imide groups is 1. The molecule has 4 aliphatic carbocycles. The zero-order chi connectivity index (χ0) is 69.2. The smallest absolute Gasteiger partial charge is 0.410 e. The van der Waals surface area contributed by atoms with Gasteiger partial charge in [-0.15, -0.1) is 0 Å². The summed E-state index contributed by atoms with van der Waals surface area (Å²) in [6.07, 6.45) is 10.3. The number of carboxylic acid groups (broad SMARTS) is 1. The first-order chi connectivity index (χ1) is 46.1. The molecular formula is C70H84N11O14PS. The summed E-state index contributed by atoms with van der Waals surface area (Å²) < 4.78 is 27.8. The van der Waals surface area contributed by atoms with Gasteiger partial charge in [-0.3, -0.25) is 48.2 Å². The van der Waals surface area contributed by atoms with Gasteiger partial charge in [0, 0.05) is 85.9 Å². The number of ether oxygens (including phenoxy) is 2. The number of fused-ring (bicyclic) bond motifs is 2. The lowest BCUT2D eigenvalue weighted by molar-refractivity contribution is -0.248. The molecule has 7 N–H and O–H groups in total. The van der Waals surface area contributed by atoms with Gasteiger partial charge in [0.05, 0.1) is 34.8 Å². The summed E-state index contributed by atoms with van der Waals surface area (Å²) in [5.74, 6) is -3.41. The highest BCUT2D eigenvalue weighted by atomic mass is 32.1. The molecule has 12 rings (SSSR count). The Hall–Kier alpha value is -8.68. The van der Waals surface area contributed by atoms with Crippen LogP contribution in [0.25, 0.3) is 21.3 Å². The standard InChI is InChI=1S/C70H84N11O14PS/c1-43(2)59(76-56(82)17-8-7-11-27-80-57(83)24-25-58(80)84)63(87)72-44(3)61(85)73-48-20-18-46(19-21-48)35-94-66(90)78(30-32-96(91,92)93)29-31-95-70-39-67(5)36-68(6,40-70)38-69(37-67,41-70)42-81-45(4)51(33-71-81)49-22-23-55(75-60(49)64(88)89)79-28-26-47-13-12-14-50(52(47)34-79)62(86)77-65-74-53-15-9-10-16-54(53)97-65/h9-10,12-16,18-25,33,43-44,59H,7-8,11,17,26-32,34-42H2,1-6H3,(H,72,87)(H,73,85)(H,76,82)(H,88,89)(H,74,77,86)(H2,91,92,93)/t44-,59-,67?,68?,69?,70?/m0/s1. The maximum absolute atomic E-state index is 13.8. The van der Waals surface area contributed by atoms with Crippen molar-refractivity contribution in [3.63, 3.8) is 0 Å². The third-order valence-electron chi connectivity index (χ3n) is 19.4. The molecule has 2 unspecified atom stereocenters. The lowest BCUT2D eigenvalue weighted by atomic mass is 9.39. The minimum atomic E-state index is -4.54. The third kappa shape index (κ3) is 16.3. The molecule has 97 heavy (non-hydrogen) atoms. The Kier molecular flexibility index (Phi) is 20.4. The minimum Gasteiger partial charge on any atom is -0.476 e. The highest BCUT2D eigenvalue weighted by Crippen LogP contribution is 2.72. The number of para-hydroxylation sites is 1. The van der Waals surface area contributed by atoms with Crippen LogP contribution in [-0.4, -0.2) is 149 Å². The molecule has 0 spiro atoms. The molecular weight excluding hydrogens is 1280 g/mol. The van der Waals surface area contributed by atoms with E-state index in [9.17, 15) is 57.8 Å². The van der Waals surface area contributed by atoms with Crippen molar-refractivity contribution in [2.45, 2.75) is 150 Å². The number of hydrogen-bond acceptors (Lipinski definition) is 16. The van der Waals surface area contributed by atoms with Crippen LogP contribution in [-0.2, 0) is 64.1 Å². The van der Waals surface area contributed by atoms with Crippen molar-refractivity contribution in [2.75, 3.05) is 54.5 Å². The van der Waals surface area contributed by atoms with Crippen LogP contribution in [0, 0.1) is 29.1 Å². The van der Waals surface area contributed by atoms with E-state index in [0.717, 1.165) is 64.0 Å². The number of anilines is 3. The monoisotopic (exact) mass is 1370 g/mol. The number of carboxylic acids is 1. The van der Waals surface area contributed by atoms with Crippen molar-refractivity contribution in [1.29, 1.82) is 0 Å². The number of thiazole rings is 1. The van der Waals surface area contributed by atoms with Gasteiger partial charge in [-0.2, -0.15) is 5.10 Å². The second-order valence-electron chi connectivity index (χ2n) is 28.0. The number of aromatic carboxylic acids is 1. The molecule has 4 atom stereocenters. The lowest BCUT2D eigenvalue weighted by Gasteiger charge is -2.69. The van der Waals surface area contributed by atoms with E-state index < -0.39 is 55.3 Å². The molecule has 27 heteroatoms. The molecule has 6 aliphatic rings. The van der Waals surface area contributed by atoms with Crippen molar-refractivity contribution in [3.05, 3.63) is 131 Å². The van der Waals surface area contributed by atoms with E-state index in [1.165, 1.54) is 35.3 Å². The molecule has 4 fully saturated rings. The van der Waals surface area contributed by atoms with E-state index in [4.69, 9.17) is 19.6 Å². The second-order valence-corrected chi connectivity index (χ2v) is 30.9. The quantitative estimate of drug-likeness (QED) is 0.0137. The van der Waals surface area contributed by atoms with Crippen LogP contribution in [0.1, 0.15) is 142 Å². The summed E-state index contributed by atoms with van der Waals surface area (Å²) in [4.78, 5) is 137. The Morgan fingerprint density at radius 3 is 2.23 bits per heavy atom. The summed E-state index contributed by atoms with van der Waals surface area (Å²) in [5, 5.41) is 27.3. The zero-order valence-corrected chi connectivity index (χ0v) is 57.1. The SMILES string of the molecule is Cc1c(-c2ccc(N3CCc4cccc(C(=O)Nc5nc6ccccc6s5)c4C3)nc2C(=O)O)cnn1CC12CC3(C)CC(C)(C1)CC(OCCN(CCP(=O)(O)O)C(=O)OCc1ccc(NC(=O)[C@H](C)NC(=O)[C@@H](NC(=O)CCCCCN4C(=O)C=CC4=O)C(C)C)cc1)(C3)C2. The number of benzene rings is 3. The van der Waals surface area contributed by atoms with Crippen LogP contribution in [0.15, 0.2) is 97.2 Å². The highest BCUT2D eigenvalue weighted by Gasteiger charge is 2.66. The number of unbranched alkanes of at least 4 members (excludes halogenated alkanes) is 2. The van der Waals surface area contributed by atoms with Gasteiger partial charge in [0.25, 0.3) is 17.7 Å². The number of pyridine rings is 1. The Balaban J connectivity index is 0.682. The number of nitrogens with one attached hydrogen (secondary N) is 4. The molecule has 7 amide bonds. The fourth-order valence-electron chi connectivity index (χ4n) is 16.0. The number of amides is 7. The number of hydrogen-bond donors (Lipinski definition) is 7. The van der Waals surface area contributed by atoms with Gasteiger partial charge in [-0.25, -0.2) is 19.6 Å². The molecule has 5 heterocycles. The van der Waals surface area contributed by atoms with Crippen molar-refractivity contribution in [1.82, 2.24) is 40.2 Å². The third-order valence-corrected chi connectivity index (χ3v) is 21.2. The molecule has 514 valence electrons. The lowest BCUT2D eigenvalue weighted by Crippen LogP contribution is -2.64. The largest absolute Gasteiger partial charge is 0.476 e. The summed E-state index contributed by atoms with van der Waals surface area (Å²) in [6.45, 7) is 12.9. The van der Waals surface area contributed by atoms with Gasteiger partial charge in [-0.05, 0) is 153 Å². The summed E-state index contributed by atoms with van der Waals surface area (Å²) in [5.41, 5.74) is 4.89. The molecule has 4 saturated carbocycles. The van der Waals surface area contributed by atoms with Crippen molar-refractivity contribution < 1.29 is 67.3 Å². The minimum absolute atomic E-state index is 0.00644. The molecule has 25 nitrogen and oxygen atoms in total. The number of rotatable bonds is 28. The fraction of sp³-hybridized carbons (Fsp3) is 0.471. The normalized spacial score (nSPS) is 21.6. The Morgan fingerprint density at radius 2 is 1.53 bits per heavy atom. The first kappa shape index (κ1) is 69.7. The Morgan fingerprint density at radius 1 is 0.794 bits per heavy atom. The van der Waals surface area contributed by atoms with Gasteiger partial charge in [-0.1, -0.05) is 81.9 Å². The predicted molar refractivity (Wildman–Crippen MR) is 363 cm³/mol. The molecule has 6 aromatic rings. The van der Waals surface area contributed by atoms with E-state index in [1.807, 2.05) is 59.0 Å².